The molecule has 116 valence electrons. The van der Waals surface area contributed by atoms with Crippen LogP contribution >= 0.6 is 0 Å². The smallest absolute Gasteiger partial charge is 0.257 e. The van der Waals surface area contributed by atoms with E-state index in [1.807, 2.05) is 17.0 Å². The Morgan fingerprint density at radius 2 is 1.91 bits per heavy atom. The fourth-order valence-corrected chi connectivity index (χ4v) is 2.74. The molecule has 2 aromatic rings. The molecule has 0 atom stereocenters. The molecule has 0 saturated carbocycles. The lowest BCUT2D eigenvalue weighted by molar-refractivity contribution is 0.0766. The van der Waals surface area contributed by atoms with E-state index in [4.69, 9.17) is 9.15 Å². The minimum absolute atomic E-state index is 0.0466. The number of carbonyl (C=O) groups excluding carboxylic acids is 1. The molecular weight excluding hydrogens is 280 g/mol. The molecule has 0 N–H and O–H groups in total. The van der Waals surface area contributed by atoms with Gasteiger partial charge in [-0.25, -0.2) is 0 Å². The first kappa shape index (κ1) is 14.5. The van der Waals surface area contributed by atoms with Gasteiger partial charge in [0.2, 0.25) is 0 Å². The largest absolute Gasteiger partial charge is 0.497 e. The summed E-state index contributed by atoms with van der Waals surface area (Å²) in [6.07, 6.45) is 4.00. The van der Waals surface area contributed by atoms with Crippen molar-refractivity contribution in [2.75, 3.05) is 38.2 Å². The standard InChI is InChI=1S/C17H20N2O3/c1-21-16-5-3-15(4-6-16)18-8-2-9-19(11-10-18)17(20)14-7-12-22-13-14/h3-7,12-13H,2,8-11H2,1H3. The summed E-state index contributed by atoms with van der Waals surface area (Å²) in [7, 11) is 1.67. The Balaban J connectivity index is 1.65. The van der Waals surface area contributed by atoms with Gasteiger partial charge >= 0.3 is 0 Å². The molecule has 3 rings (SSSR count). The van der Waals surface area contributed by atoms with Crippen LogP contribution in [0.15, 0.2) is 47.3 Å². The Labute approximate surface area is 130 Å². The van der Waals surface area contributed by atoms with Crippen LogP contribution in [0.3, 0.4) is 0 Å². The van der Waals surface area contributed by atoms with Gasteiger partial charge < -0.3 is 19.0 Å². The third-order valence-corrected chi connectivity index (χ3v) is 3.99. The monoisotopic (exact) mass is 300 g/mol. The third-order valence-electron chi connectivity index (χ3n) is 3.99. The molecule has 0 bridgehead atoms. The van der Waals surface area contributed by atoms with Gasteiger partial charge in [-0.2, -0.15) is 0 Å². The molecule has 1 aromatic heterocycles. The van der Waals surface area contributed by atoms with Crippen LogP contribution in [-0.2, 0) is 0 Å². The first-order valence-corrected chi connectivity index (χ1v) is 7.48. The summed E-state index contributed by atoms with van der Waals surface area (Å²) in [5.41, 5.74) is 1.79. The van der Waals surface area contributed by atoms with Crippen LogP contribution in [0.1, 0.15) is 16.8 Å². The van der Waals surface area contributed by atoms with Crippen molar-refractivity contribution in [1.82, 2.24) is 4.90 Å². The van der Waals surface area contributed by atoms with Crippen molar-refractivity contribution in [1.29, 1.82) is 0 Å². The molecule has 1 amide bonds. The maximum atomic E-state index is 12.4. The number of benzene rings is 1. The Kier molecular flexibility index (Phi) is 4.32. The summed E-state index contributed by atoms with van der Waals surface area (Å²) in [6, 6.07) is 9.77. The summed E-state index contributed by atoms with van der Waals surface area (Å²) in [6.45, 7) is 3.27. The molecule has 1 aromatic carbocycles. The zero-order chi connectivity index (χ0) is 15.4. The summed E-state index contributed by atoms with van der Waals surface area (Å²) in [4.78, 5) is 16.6. The predicted octanol–water partition coefficient (Wildman–Crippen LogP) is 2.64. The topological polar surface area (TPSA) is 45.9 Å². The van der Waals surface area contributed by atoms with E-state index < -0.39 is 0 Å². The second kappa shape index (κ2) is 6.56. The molecule has 1 fully saturated rings. The van der Waals surface area contributed by atoms with Crippen LogP contribution < -0.4 is 9.64 Å². The molecule has 0 unspecified atom stereocenters. The number of carbonyl (C=O) groups is 1. The number of anilines is 1. The molecule has 2 heterocycles. The SMILES string of the molecule is COc1ccc(N2CCCN(C(=O)c3ccoc3)CC2)cc1. The lowest BCUT2D eigenvalue weighted by Gasteiger charge is -2.23. The molecule has 5 heteroatoms. The quantitative estimate of drug-likeness (QED) is 0.874. The highest BCUT2D eigenvalue weighted by Gasteiger charge is 2.21. The minimum Gasteiger partial charge on any atom is -0.497 e. The first-order valence-electron chi connectivity index (χ1n) is 7.48. The van der Waals surface area contributed by atoms with Gasteiger partial charge in [0.15, 0.2) is 0 Å². The molecule has 1 aliphatic heterocycles. The van der Waals surface area contributed by atoms with Gasteiger partial charge in [-0.3, -0.25) is 4.79 Å². The lowest BCUT2D eigenvalue weighted by Crippen LogP contribution is -2.35. The molecular formula is C17H20N2O3. The second-order valence-corrected chi connectivity index (χ2v) is 5.34. The van der Waals surface area contributed by atoms with E-state index in [0.717, 1.165) is 38.3 Å². The number of furan rings is 1. The normalized spacial score (nSPS) is 15.5. The van der Waals surface area contributed by atoms with E-state index >= 15 is 0 Å². The summed E-state index contributed by atoms with van der Waals surface area (Å²) in [5, 5.41) is 0. The van der Waals surface area contributed by atoms with Gasteiger partial charge in [-0.1, -0.05) is 0 Å². The maximum Gasteiger partial charge on any atom is 0.257 e. The fourth-order valence-electron chi connectivity index (χ4n) is 2.74. The van der Waals surface area contributed by atoms with Crippen molar-refractivity contribution >= 4 is 11.6 Å². The average Bonchev–Trinajstić information content (AvgIpc) is 2.99. The van der Waals surface area contributed by atoms with Gasteiger partial charge in [0.25, 0.3) is 5.91 Å². The van der Waals surface area contributed by atoms with Crippen LogP contribution in [0.2, 0.25) is 0 Å². The summed E-state index contributed by atoms with van der Waals surface area (Å²) >= 11 is 0. The maximum absolute atomic E-state index is 12.4. The van der Waals surface area contributed by atoms with Crippen LogP contribution in [0, 0.1) is 0 Å². The van der Waals surface area contributed by atoms with Crippen molar-refractivity contribution < 1.29 is 13.9 Å². The Bertz CT molecular complexity index is 607. The van der Waals surface area contributed by atoms with Crippen molar-refractivity contribution in [2.24, 2.45) is 0 Å². The van der Waals surface area contributed by atoms with Crippen molar-refractivity contribution in [3.8, 4) is 5.75 Å². The molecule has 1 aliphatic rings. The van der Waals surface area contributed by atoms with Crippen LogP contribution in [0.25, 0.3) is 0 Å². The molecule has 5 nitrogen and oxygen atoms in total. The van der Waals surface area contributed by atoms with Crippen LogP contribution in [-0.4, -0.2) is 44.1 Å². The number of hydrogen-bond acceptors (Lipinski definition) is 4. The molecule has 1 saturated heterocycles. The number of amides is 1. The van der Waals surface area contributed by atoms with Crippen molar-refractivity contribution in [2.45, 2.75) is 6.42 Å². The van der Waals surface area contributed by atoms with Crippen LogP contribution in [0.4, 0.5) is 5.69 Å². The van der Waals surface area contributed by atoms with E-state index in [-0.39, 0.29) is 5.91 Å². The van der Waals surface area contributed by atoms with Gasteiger partial charge in [-0.05, 0) is 36.8 Å². The van der Waals surface area contributed by atoms with Gasteiger partial charge in [0, 0.05) is 31.9 Å². The van der Waals surface area contributed by atoms with Crippen molar-refractivity contribution in [3.05, 3.63) is 48.4 Å². The third kappa shape index (κ3) is 3.08. The second-order valence-electron chi connectivity index (χ2n) is 5.34. The Hall–Kier alpha value is -2.43. The van der Waals surface area contributed by atoms with E-state index in [1.165, 1.54) is 18.2 Å². The molecule has 0 spiro atoms. The van der Waals surface area contributed by atoms with E-state index in [0.29, 0.717) is 5.56 Å². The van der Waals surface area contributed by atoms with E-state index in [1.54, 1.807) is 13.2 Å². The highest BCUT2D eigenvalue weighted by Crippen LogP contribution is 2.21. The van der Waals surface area contributed by atoms with Gasteiger partial charge in [0.1, 0.15) is 12.0 Å². The molecule has 22 heavy (non-hydrogen) atoms. The van der Waals surface area contributed by atoms with Crippen LogP contribution in [0.5, 0.6) is 5.75 Å². The molecule has 0 aliphatic carbocycles. The van der Waals surface area contributed by atoms with Gasteiger partial charge in [-0.15, -0.1) is 0 Å². The number of hydrogen-bond donors (Lipinski definition) is 0. The zero-order valence-corrected chi connectivity index (χ0v) is 12.7. The number of methoxy groups -OCH3 is 1. The summed E-state index contributed by atoms with van der Waals surface area (Å²) < 4.78 is 10.2. The predicted molar refractivity (Wildman–Crippen MR) is 84.4 cm³/mol. The number of rotatable bonds is 3. The highest BCUT2D eigenvalue weighted by molar-refractivity contribution is 5.93. The highest BCUT2D eigenvalue weighted by atomic mass is 16.5. The first-order chi connectivity index (χ1) is 10.8. The van der Waals surface area contributed by atoms with Gasteiger partial charge in [0.05, 0.1) is 18.9 Å². The van der Waals surface area contributed by atoms with E-state index in [9.17, 15) is 4.79 Å². The molecule has 0 radical (unpaired) electrons. The number of nitrogens with zero attached hydrogens (tertiary/aromatic N) is 2. The fraction of sp³-hybridized carbons (Fsp3) is 0.353. The minimum atomic E-state index is 0.0466. The number of ether oxygens (including phenoxy) is 1. The zero-order valence-electron chi connectivity index (χ0n) is 12.7. The lowest BCUT2D eigenvalue weighted by atomic mass is 10.2. The Morgan fingerprint density at radius 1 is 1.09 bits per heavy atom. The Morgan fingerprint density at radius 3 is 2.59 bits per heavy atom. The summed E-state index contributed by atoms with van der Waals surface area (Å²) in [5.74, 6) is 0.903. The average molecular weight is 300 g/mol. The van der Waals surface area contributed by atoms with Crippen molar-refractivity contribution in [3.63, 3.8) is 0 Å². The van der Waals surface area contributed by atoms with E-state index in [2.05, 4.69) is 17.0 Å².